The molecule has 0 N–H and O–H groups in total. The molecule has 0 amide bonds. The molecule has 0 atom stereocenters. The zero-order chi connectivity index (χ0) is 11.6. The Hall–Kier alpha value is -1.34. The number of aryl methyl sites for hydroxylation is 1. The van der Waals surface area contributed by atoms with Crippen LogP contribution in [0.15, 0.2) is 11.4 Å². The van der Waals surface area contributed by atoms with E-state index in [1.807, 2.05) is 18.4 Å². The standard InChI is InChI=1S/C12H13NO2S/c1-9-2-7-16-10(9)11(14)15-8-12(3-4-12)5-6-13/h2,7H,3-5,8H2,1H3. The van der Waals surface area contributed by atoms with Crippen molar-refractivity contribution in [1.82, 2.24) is 0 Å². The maximum absolute atomic E-state index is 11.7. The number of hydrogen-bond donors (Lipinski definition) is 0. The number of carbonyl (C=O) groups excluding carboxylic acids is 1. The van der Waals surface area contributed by atoms with Crippen LogP contribution in [0.3, 0.4) is 0 Å². The fraction of sp³-hybridized carbons (Fsp3) is 0.500. The van der Waals surface area contributed by atoms with Crippen molar-refractivity contribution in [3.8, 4) is 6.07 Å². The van der Waals surface area contributed by atoms with Crippen molar-refractivity contribution >= 4 is 17.3 Å². The van der Waals surface area contributed by atoms with Crippen molar-refractivity contribution in [2.24, 2.45) is 5.41 Å². The van der Waals surface area contributed by atoms with E-state index < -0.39 is 0 Å². The third-order valence-corrected chi connectivity index (χ3v) is 3.96. The molecular formula is C12H13NO2S. The van der Waals surface area contributed by atoms with Crippen LogP contribution in [0.5, 0.6) is 0 Å². The van der Waals surface area contributed by atoms with Gasteiger partial charge in [0.15, 0.2) is 0 Å². The Balaban J connectivity index is 1.90. The van der Waals surface area contributed by atoms with E-state index in [9.17, 15) is 4.79 Å². The van der Waals surface area contributed by atoms with Crippen molar-refractivity contribution in [2.45, 2.75) is 26.2 Å². The monoisotopic (exact) mass is 235 g/mol. The summed E-state index contributed by atoms with van der Waals surface area (Å²) in [5.74, 6) is -0.253. The summed E-state index contributed by atoms with van der Waals surface area (Å²) in [6, 6.07) is 4.06. The number of thiophene rings is 1. The summed E-state index contributed by atoms with van der Waals surface area (Å²) in [6.07, 6.45) is 2.48. The minimum Gasteiger partial charge on any atom is -0.461 e. The molecule has 1 aliphatic carbocycles. The van der Waals surface area contributed by atoms with Crippen LogP contribution in [0.25, 0.3) is 0 Å². The maximum atomic E-state index is 11.7. The number of nitriles is 1. The SMILES string of the molecule is Cc1ccsc1C(=O)OCC1(CC#N)CC1. The summed E-state index contributed by atoms with van der Waals surface area (Å²) in [7, 11) is 0. The molecule has 1 saturated carbocycles. The van der Waals surface area contributed by atoms with Gasteiger partial charge in [0, 0.05) is 11.8 Å². The van der Waals surface area contributed by atoms with Crippen LogP contribution >= 0.6 is 11.3 Å². The third-order valence-electron chi connectivity index (χ3n) is 2.97. The van der Waals surface area contributed by atoms with E-state index in [1.165, 1.54) is 11.3 Å². The molecule has 0 radical (unpaired) electrons. The lowest BCUT2D eigenvalue weighted by molar-refractivity contribution is 0.0424. The highest BCUT2D eigenvalue weighted by Gasteiger charge is 2.43. The topological polar surface area (TPSA) is 50.1 Å². The summed E-state index contributed by atoms with van der Waals surface area (Å²) < 4.78 is 5.27. The van der Waals surface area contributed by atoms with Crippen molar-refractivity contribution in [2.75, 3.05) is 6.61 Å². The predicted molar refractivity (Wildman–Crippen MR) is 61.2 cm³/mol. The van der Waals surface area contributed by atoms with Crippen molar-refractivity contribution < 1.29 is 9.53 Å². The molecule has 1 aromatic rings. The second kappa shape index (κ2) is 4.26. The van der Waals surface area contributed by atoms with Crippen LogP contribution < -0.4 is 0 Å². The van der Waals surface area contributed by atoms with E-state index in [2.05, 4.69) is 6.07 Å². The molecule has 0 spiro atoms. The smallest absolute Gasteiger partial charge is 0.348 e. The van der Waals surface area contributed by atoms with Gasteiger partial charge in [0.25, 0.3) is 0 Å². The zero-order valence-electron chi connectivity index (χ0n) is 9.16. The highest BCUT2D eigenvalue weighted by molar-refractivity contribution is 7.12. The van der Waals surface area contributed by atoms with E-state index >= 15 is 0 Å². The number of ether oxygens (including phenoxy) is 1. The lowest BCUT2D eigenvalue weighted by atomic mass is 10.1. The number of carbonyl (C=O) groups is 1. The Labute approximate surface area is 98.7 Å². The van der Waals surface area contributed by atoms with Crippen LogP contribution in [0, 0.1) is 23.7 Å². The highest BCUT2D eigenvalue weighted by Crippen LogP contribution is 2.48. The summed E-state index contributed by atoms with van der Waals surface area (Å²) in [5, 5.41) is 10.5. The van der Waals surface area contributed by atoms with Crippen molar-refractivity contribution in [1.29, 1.82) is 5.26 Å². The molecule has 1 aliphatic rings. The normalized spacial score (nSPS) is 16.5. The molecule has 1 heterocycles. The third kappa shape index (κ3) is 2.25. The van der Waals surface area contributed by atoms with Gasteiger partial charge in [-0.15, -0.1) is 11.3 Å². The first-order valence-electron chi connectivity index (χ1n) is 5.25. The Kier molecular flexibility index (Phi) is 2.97. The summed E-state index contributed by atoms with van der Waals surface area (Å²) in [4.78, 5) is 12.4. The van der Waals surface area contributed by atoms with Crippen LogP contribution in [0.1, 0.15) is 34.5 Å². The average molecular weight is 235 g/mol. The lowest BCUT2D eigenvalue weighted by Gasteiger charge is -2.11. The Morgan fingerprint density at radius 3 is 2.94 bits per heavy atom. The molecule has 0 aromatic carbocycles. The minimum atomic E-state index is -0.253. The molecule has 0 unspecified atom stereocenters. The Morgan fingerprint density at radius 2 is 2.44 bits per heavy atom. The zero-order valence-corrected chi connectivity index (χ0v) is 9.97. The van der Waals surface area contributed by atoms with E-state index in [0.717, 1.165) is 18.4 Å². The molecule has 0 bridgehead atoms. The van der Waals surface area contributed by atoms with Gasteiger partial charge in [-0.25, -0.2) is 4.79 Å². The van der Waals surface area contributed by atoms with Crippen molar-refractivity contribution in [3.63, 3.8) is 0 Å². The summed E-state index contributed by atoms with van der Waals surface area (Å²) >= 11 is 1.40. The van der Waals surface area contributed by atoms with Gasteiger partial charge < -0.3 is 4.74 Å². The van der Waals surface area contributed by atoms with Gasteiger partial charge in [-0.2, -0.15) is 5.26 Å². The molecule has 4 heteroatoms. The first-order valence-corrected chi connectivity index (χ1v) is 6.13. The number of nitrogens with zero attached hydrogens (tertiary/aromatic N) is 1. The van der Waals surface area contributed by atoms with E-state index in [-0.39, 0.29) is 11.4 Å². The van der Waals surface area contributed by atoms with Gasteiger partial charge in [-0.3, -0.25) is 0 Å². The first kappa shape index (κ1) is 11.2. The fourth-order valence-corrected chi connectivity index (χ4v) is 2.40. The van der Waals surface area contributed by atoms with Crippen LogP contribution in [-0.4, -0.2) is 12.6 Å². The Bertz CT molecular complexity index is 440. The molecule has 16 heavy (non-hydrogen) atoms. The van der Waals surface area contributed by atoms with Crippen LogP contribution in [-0.2, 0) is 4.74 Å². The van der Waals surface area contributed by atoms with Gasteiger partial charge in [-0.1, -0.05) is 0 Å². The summed E-state index contributed by atoms with van der Waals surface area (Å²) in [5.41, 5.74) is 0.926. The van der Waals surface area contributed by atoms with Gasteiger partial charge in [0.05, 0.1) is 12.7 Å². The van der Waals surface area contributed by atoms with Gasteiger partial charge in [0.2, 0.25) is 0 Å². The molecule has 1 aromatic heterocycles. The van der Waals surface area contributed by atoms with Crippen LogP contribution in [0.4, 0.5) is 0 Å². The molecule has 3 nitrogen and oxygen atoms in total. The fourth-order valence-electron chi connectivity index (χ4n) is 1.58. The lowest BCUT2D eigenvalue weighted by Crippen LogP contribution is -2.14. The molecule has 1 fully saturated rings. The van der Waals surface area contributed by atoms with Gasteiger partial charge >= 0.3 is 5.97 Å². The molecule has 0 aliphatic heterocycles. The second-order valence-electron chi connectivity index (χ2n) is 4.34. The van der Waals surface area contributed by atoms with Gasteiger partial charge in [-0.05, 0) is 36.8 Å². The summed E-state index contributed by atoms with van der Waals surface area (Å²) in [6.45, 7) is 2.28. The van der Waals surface area contributed by atoms with E-state index in [4.69, 9.17) is 10.00 Å². The maximum Gasteiger partial charge on any atom is 0.348 e. The van der Waals surface area contributed by atoms with Crippen LogP contribution in [0.2, 0.25) is 0 Å². The van der Waals surface area contributed by atoms with Crippen molar-refractivity contribution in [3.05, 3.63) is 21.9 Å². The van der Waals surface area contributed by atoms with Gasteiger partial charge in [0.1, 0.15) is 4.88 Å². The number of rotatable bonds is 4. The molecule has 2 rings (SSSR count). The largest absolute Gasteiger partial charge is 0.461 e. The average Bonchev–Trinajstić information content (AvgIpc) is 2.89. The Morgan fingerprint density at radius 1 is 1.69 bits per heavy atom. The van der Waals surface area contributed by atoms with E-state index in [0.29, 0.717) is 17.9 Å². The quantitative estimate of drug-likeness (QED) is 0.754. The molecular weight excluding hydrogens is 222 g/mol. The first-order chi connectivity index (χ1) is 7.67. The predicted octanol–water partition coefficient (Wildman–Crippen LogP) is 2.91. The second-order valence-corrected chi connectivity index (χ2v) is 5.26. The molecule has 84 valence electrons. The number of hydrogen-bond acceptors (Lipinski definition) is 4. The minimum absolute atomic E-state index is 0.0322. The number of esters is 1. The molecule has 0 saturated heterocycles. The van der Waals surface area contributed by atoms with E-state index in [1.54, 1.807) is 0 Å². The highest BCUT2D eigenvalue weighted by atomic mass is 32.1.